The van der Waals surface area contributed by atoms with Gasteiger partial charge in [-0.05, 0) is 19.3 Å². The third-order valence-electron chi connectivity index (χ3n) is 2.86. The number of amides is 1. The van der Waals surface area contributed by atoms with Gasteiger partial charge in [-0.15, -0.1) is 0 Å². The Morgan fingerprint density at radius 2 is 2.21 bits per heavy atom. The topological polar surface area (TPSA) is 79.4 Å². The van der Waals surface area contributed by atoms with Crippen LogP contribution in [-0.2, 0) is 4.74 Å². The average Bonchev–Trinajstić information content (AvgIpc) is 2.64. The minimum absolute atomic E-state index is 0.132. The molecule has 2 atom stereocenters. The highest BCUT2D eigenvalue weighted by molar-refractivity contribution is 5.80. The Bertz CT molecular complexity index is 242. The molecular formula is C9H17N3O2. The van der Waals surface area contributed by atoms with E-state index in [2.05, 4.69) is 4.74 Å². The number of rotatable bonds is 2. The monoisotopic (exact) mass is 199 g/mol. The van der Waals surface area contributed by atoms with Gasteiger partial charge in [0.25, 0.3) is 0 Å². The first-order valence-electron chi connectivity index (χ1n) is 4.71. The molecule has 0 aromatic carbocycles. The maximum Gasteiger partial charge on any atom is 0.409 e. The van der Waals surface area contributed by atoms with Gasteiger partial charge in [0.1, 0.15) is 0 Å². The van der Waals surface area contributed by atoms with Crippen molar-refractivity contribution < 1.29 is 9.53 Å². The summed E-state index contributed by atoms with van der Waals surface area (Å²) >= 11 is 0. The summed E-state index contributed by atoms with van der Waals surface area (Å²) in [5.74, 6) is 0.359. The van der Waals surface area contributed by atoms with Crippen molar-refractivity contribution in [1.82, 2.24) is 4.90 Å². The van der Waals surface area contributed by atoms with Crippen molar-refractivity contribution in [3.8, 4) is 0 Å². The molecule has 0 radical (unpaired) electrons. The molecule has 0 spiro atoms. The summed E-state index contributed by atoms with van der Waals surface area (Å²) in [6.45, 7) is 0. The van der Waals surface area contributed by atoms with Crippen molar-refractivity contribution in [3.63, 3.8) is 0 Å². The lowest BCUT2D eigenvalue weighted by Crippen LogP contribution is -2.35. The smallest absolute Gasteiger partial charge is 0.409 e. The summed E-state index contributed by atoms with van der Waals surface area (Å²) in [5, 5.41) is 7.32. The molecule has 1 fully saturated rings. The van der Waals surface area contributed by atoms with Gasteiger partial charge in [-0.25, -0.2) is 4.79 Å². The summed E-state index contributed by atoms with van der Waals surface area (Å²) in [7, 11) is 3.09. The fourth-order valence-electron chi connectivity index (χ4n) is 1.88. The van der Waals surface area contributed by atoms with Gasteiger partial charge in [-0.1, -0.05) is 0 Å². The van der Waals surface area contributed by atoms with Crippen LogP contribution in [0.25, 0.3) is 0 Å². The normalized spacial score (nSPS) is 25.9. The Morgan fingerprint density at radius 1 is 1.57 bits per heavy atom. The maximum atomic E-state index is 11.2. The van der Waals surface area contributed by atoms with Crippen molar-refractivity contribution in [1.29, 1.82) is 5.41 Å². The predicted molar refractivity (Wildman–Crippen MR) is 53.2 cm³/mol. The van der Waals surface area contributed by atoms with Gasteiger partial charge in [-0.3, -0.25) is 5.41 Å². The summed E-state index contributed by atoms with van der Waals surface area (Å²) in [6, 6.07) is 0.163. The molecule has 0 aliphatic heterocycles. The van der Waals surface area contributed by atoms with Gasteiger partial charge < -0.3 is 15.4 Å². The molecule has 1 rings (SSSR count). The molecule has 1 aliphatic carbocycles. The van der Waals surface area contributed by atoms with Crippen molar-refractivity contribution in [2.75, 3.05) is 14.2 Å². The maximum absolute atomic E-state index is 11.2. The summed E-state index contributed by atoms with van der Waals surface area (Å²) in [4.78, 5) is 12.8. The third-order valence-corrected chi connectivity index (χ3v) is 2.86. The first-order valence-corrected chi connectivity index (χ1v) is 4.71. The SMILES string of the molecule is COC(=O)N(C)C1CCC(C(=N)N)C1. The molecule has 1 saturated carbocycles. The largest absolute Gasteiger partial charge is 0.453 e. The van der Waals surface area contributed by atoms with Crippen molar-refractivity contribution >= 4 is 11.9 Å². The molecule has 0 bridgehead atoms. The van der Waals surface area contributed by atoms with Gasteiger partial charge >= 0.3 is 6.09 Å². The van der Waals surface area contributed by atoms with Crippen LogP contribution in [0.2, 0.25) is 0 Å². The van der Waals surface area contributed by atoms with E-state index in [1.54, 1.807) is 11.9 Å². The zero-order valence-corrected chi connectivity index (χ0v) is 8.62. The second kappa shape index (κ2) is 4.30. The van der Waals surface area contributed by atoms with E-state index in [0.717, 1.165) is 19.3 Å². The van der Waals surface area contributed by atoms with Crippen molar-refractivity contribution in [3.05, 3.63) is 0 Å². The summed E-state index contributed by atoms with van der Waals surface area (Å²) < 4.78 is 4.62. The van der Waals surface area contributed by atoms with Gasteiger partial charge in [-0.2, -0.15) is 0 Å². The highest BCUT2D eigenvalue weighted by Gasteiger charge is 2.31. The number of carbonyl (C=O) groups is 1. The van der Waals surface area contributed by atoms with Crippen LogP contribution in [0.5, 0.6) is 0 Å². The zero-order valence-electron chi connectivity index (χ0n) is 8.62. The Labute approximate surface area is 83.7 Å². The molecule has 1 aliphatic rings. The molecule has 0 aromatic heterocycles. The quantitative estimate of drug-likeness (QED) is 0.509. The van der Waals surface area contributed by atoms with E-state index in [4.69, 9.17) is 11.1 Å². The average molecular weight is 199 g/mol. The number of nitrogens with one attached hydrogen (secondary N) is 1. The molecule has 3 N–H and O–H groups in total. The van der Waals surface area contributed by atoms with Crippen LogP contribution in [0, 0.1) is 11.3 Å². The second-order valence-electron chi connectivity index (χ2n) is 3.70. The Hall–Kier alpha value is -1.26. The van der Waals surface area contributed by atoms with Crippen LogP contribution < -0.4 is 5.73 Å². The molecule has 5 heteroatoms. The molecule has 1 amide bonds. The molecule has 0 saturated heterocycles. The summed E-state index contributed by atoms with van der Waals surface area (Å²) in [5.41, 5.74) is 5.42. The first-order chi connectivity index (χ1) is 6.56. The van der Waals surface area contributed by atoms with Gasteiger partial charge in [0.05, 0.1) is 12.9 Å². The number of amidine groups is 1. The predicted octanol–water partition coefficient (Wildman–Crippen LogP) is 0.789. The number of nitrogens with zero attached hydrogens (tertiary/aromatic N) is 1. The number of ether oxygens (including phenoxy) is 1. The van der Waals surface area contributed by atoms with E-state index in [0.29, 0.717) is 0 Å². The van der Waals surface area contributed by atoms with Crippen LogP contribution in [0.15, 0.2) is 0 Å². The molecular weight excluding hydrogens is 182 g/mol. The van der Waals surface area contributed by atoms with Gasteiger partial charge in [0.15, 0.2) is 0 Å². The number of hydrogen-bond donors (Lipinski definition) is 2. The lowest BCUT2D eigenvalue weighted by molar-refractivity contribution is 0.118. The first kappa shape index (κ1) is 10.8. The van der Waals surface area contributed by atoms with Crippen LogP contribution in [0.3, 0.4) is 0 Å². The highest BCUT2D eigenvalue weighted by atomic mass is 16.5. The molecule has 14 heavy (non-hydrogen) atoms. The highest BCUT2D eigenvalue weighted by Crippen LogP contribution is 2.28. The Kier molecular flexibility index (Phi) is 3.33. The fraction of sp³-hybridized carbons (Fsp3) is 0.778. The van der Waals surface area contributed by atoms with E-state index >= 15 is 0 Å². The number of hydrogen-bond acceptors (Lipinski definition) is 3. The Morgan fingerprint density at radius 3 is 2.64 bits per heavy atom. The fourth-order valence-corrected chi connectivity index (χ4v) is 1.88. The minimum Gasteiger partial charge on any atom is -0.453 e. The Balaban J connectivity index is 2.49. The molecule has 80 valence electrons. The van der Waals surface area contributed by atoms with Crippen LogP contribution >= 0.6 is 0 Å². The summed E-state index contributed by atoms with van der Waals surface area (Å²) in [6.07, 6.45) is 2.25. The lowest BCUT2D eigenvalue weighted by Gasteiger charge is -2.22. The van der Waals surface area contributed by atoms with Crippen LogP contribution in [0.1, 0.15) is 19.3 Å². The number of carbonyl (C=O) groups excluding carboxylic acids is 1. The third kappa shape index (κ3) is 2.16. The van der Waals surface area contributed by atoms with E-state index in [-0.39, 0.29) is 23.9 Å². The van der Waals surface area contributed by atoms with Crippen molar-refractivity contribution in [2.45, 2.75) is 25.3 Å². The zero-order chi connectivity index (χ0) is 10.7. The van der Waals surface area contributed by atoms with Crippen LogP contribution in [0.4, 0.5) is 4.79 Å². The van der Waals surface area contributed by atoms with Crippen LogP contribution in [-0.4, -0.2) is 37.0 Å². The van der Waals surface area contributed by atoms with E-state index < -0.39 is 0 Å². The molecule has 0 aromatic rings. The van der Waals surface area contributed by atoms with E-state index in [1.807, 2.05) is 0 Å². The van der Waals surface area contributed by atoms with Gasteiger partial charge in [0, 0.05) is 19.0 Å². The number of methoxy groups -OCH3 is 1. The van der Waals surface area contributed by atoms with E-state index in [1.165, 1.54) is 7.11 Å². The molecule has 0 heterocycles. The van der Waals surface area contributed by atoms with E-state index in [9.17, 15) is 4.79 Å². The minimum atomic E-state index is -0.320. The molecule has 5 nitrogen and oxygen atoms in total. The van der Waals surface area contributed by atoms with Crippen molar-refractivity contribution in [2.24, 2.45) is 11.7 Å². The molecule has 2 unspecified atom stereocenters. The van der Waals surface area contributed by atoms with Gasteiger partial charge in [0.2, 0.25) is 0 Å². The standard InChI is InChI=1S/C9H17N3O2/c1-12(9(13)14-2)7-4-3-6(5-7)8(10)11/h6-7H,3-5H2,1-2H3,(H3,10,11). The number of nitrogens with two attached hydrogens (primary N) is 1. The second-order valence-corrected chi connectivity index (χ2v) is 3.70. The lowest BCUT2D eigenvalue weighted by atomic mass is 10.1.